The van der Waals surface area contributed by atoms with Crippen molar-refractivity contribution in [1.82, 2.24) is 0 Å². The second kappa shape index (κ2) is 3.30. The summed E-state index contributed by atoms with van der Waals surface area (Å²) in [6.07, 6.45) is 2.00. The summed E-state index contributed by atoms with van der Waals surface area (Å²) < 4.78 is 0. The molecule has 1 heterocycles. The molecular formula is C8H10N2O3S. The molecule has 0 amide bonds. The van der Waals surface area contributed by atoms with Gasteiger partial charge in [0.05, 0.1) is 11.5 Å². The van der Waals surface area contributed by atoms with Crippen molar-refractivity contribution in [2.45, 2.75) is 18.3 Å². The van der Waals surface area contributed by atoms with Gasteiger partial charge >= 0.3 is 5.00 Å². The fourth-order valence-electron chi connectivity index (χ4n) is 1.48. The molecule has 0 saturated heterocycles. The molecule has 1 aliphatic rings. The van der Waals surface area contributed by atoms with Crippen LogP contribution in [0.3, 0.4) is 0 Å². The Hall–Kier alpha value is -0.980. The lowest BCUT2D eigenvalue weighted by atomic mass is 10.1. The van der Waals surface area contributed by atoms with Gasteiger partial charge < -0.3 is 4.84 Å². The van der Waals surface area contributed by atoms with Crippen molar-refractivity contribution in [3.63, 3.8) is 0 Å². The number of nitrogens with two attached hydrogens (primary N) is 1. The van der Waals surface area contributed by atoms with Crippen LogP contribution in [-0.2, 0) is 10.3 Å². The molecule has 1 aliphatic carbocycles. The van der Waals surface area contributed by atoms with E-state index in [9.17, 15) is 10.1 Å². The van der Waals surface area contributed by atoms with Gasteiger partial charge in [0, 0.05) is 16.4 Å². The average molecular weight is 214 g/mol. The number of hydrogen-bond donors (Lipinski definition) is 1. The van der Waals surface area contributed by atoms with Crippen LogP contribution in [0, 0.1) is 10.1 Å². The molecule has 14 heavy (non-hydrogen) atoms. The standard InChI is InChI=1S/C8H10N2O3S/c9-13-5-8(3-4-8)6-1-2-7(14-6)10(11)12/h1-2H,3-5,9H2. The van der Waals surface area contributed by atoms with Gasteiger partial charge in [-0.2, -0.15) is 0 Å². The molecule has 0 bridgehead atoms. The fraction of sp³-hybridized carbons (Fsp3) is 0.500. The molecule has 0 spiro atoms. The summed E-state index contributed by atoms with van der Waals surface area (Å²) in [6, 6.07) is 3.34. The highest BCUT2D eigenvalue weighted by Crippen LogP contribution is 2.51. The Balaban J connectivity index is 2.20. The summed E-state index contributed by atoms with van der Waals surface area (Å²) in [7, 11) is 0. The Bertz CT molecular complexity index is 359. The Kier molecular flexibility index (Phi) is 2.26. The van der Waals surface area contributed by atoms with E-state index in [1.54, 1.807) is 6.07 Å². The Morgan fingerprint density at radius 1 is 1.64 bits per heavy atom. The largest absolute Gasteiger partial charge is 0.324 e. The lowest BCUT2D eigenvalue weighted by Crippen LogP contribution is -2.16. The summed E-state index contributed by atoms with van der Waals surface area (Å²) in [6.45, 7) is 0.449. The van der Waals surface area contributed by atoms with Crippen LogP contribution in [-0.4, -0.2) is 11.5 Å². The molecule has 5 nitrogen and oxygen atoms in total. The third-order valence-corrected chi connectivity index (χ3v) is 3.79. The quantitative estimate of drug-likeness (QED) is 0.609. The lowest BCUT2D eigenvalue weighted by molar-refractivity contribution is -0.380. The maximum absolute atomic E-state index is 10.5. The Labute approximate surface area is 84.6 Å². The predicted molar refractivity (Wildman–Crippen MR) is 52.0 cm³/mol. The molecule has 1 saturated carbocycles. The summed E-state index contributed by atoms with van der Waals surface area (Å²) in [4.78, 5) is 15.8. The second-order valence-corrected chi connectivity index (χ2v) is 4.55. The van der Waals surface area contributed by atoms with Crippen LogP contribution in [0.2, 0.25) is 0 Å². The maximum Gasteiger partial charge on any atom is 0.324 e. The van der Waals surface area contributed by atoms with Gasteiger partial charge in [0.2, 0.25) is 0 Å². The van der Waals surface area contributed by atoms with Crippen LogP contribution >= 0.6 is 11.3 Å². The van der Waals surface area contributed by atoms with Gasteiger partial charge in [-0.05, 0) is 18.9 Å². The molecule has 1 fully saturated rings. The van der Waals surface area contributed by atoms with Crippen LogP contribution in [0.4, 0.5) is 5.00 Å². The zero-order valence-electron chi connectivity index (χ0n) is 7.43. The molecule has 1 aromatic rings. The topological polar surface area (TPSA) is 78.4 Å². The monoisotopic (exact) mass is 214 g/mol. The molecule has 2 N–H and O–H groups in total. The van der Waals surface area contributed by atoms with Gasteiger partial charge in [-0.1, -0.05) is 11.3 Å². The summed E-state index contributed by atoms with van der Waals surface area (Å²) in [5.74, 6) is 5.03. The predicted octanol–water partition coefficient (Wildman–Crippen LogP) is 1.58. The van der Waals surface area contributed by atoms with E-state index in [1.165, 1.54) is 17.4 Å². The van der Waals surface area contributed by atoms with E-state index < -0.39 is 0 Å². The maximum atomic E-state index is 10.5. The number of nitro groups is 1. The normalized spacial score (nSPS) is 18.1. The summed E-state index contributed by atoms with van der Waals surface area (Å²) in [5, 5.41) is 10.7. The minimum Gasteiger partial charge on any atom is -0.304 e. The SMILES string of the molecule is NOCC1(c2ccc([N+](=O)[O-])s2)CC1. The third-order valence-electron chi connectivity index (χ3n) is 2.51. The minimum absolute atomic E-state index is 0.0341. The Morgan fingerprint density at radius 2 is 2.36 bits per heavy atom. The van der Waals surface area contributed by atoms with Crippen LogP contribution in [0.5, 0.6) is 0 Å². The van der Waals surface area contributed by atoms with Crippen LogP contribution in [0.15, 0.2) is 12.1 Å². The van der Waals surface area contributed by atoms with Gasteiger partial charge in [-0.25, -0.2) is 5.90 Å². The first kappa shape index (κ1) is 9.57. The summed E-state index contributed by atoms with van der Waals surface area (Å²) in [5.41, 5.74) is -0.0341. The van der Waals surface area contributed by atoms with Gasteiger partial charge in [-0.3, -0.25) is 10.1 Å². The van der Waals surface area contributed by atoms with E-state index in [0.29, 0.717) is 6.61 Å². The molecule has 76 valence electrons. The van der Waals surface area contributed by atoms with Crippen molar-refractivity contribution >= 4 is 16.3 Å². The first-order chi connectivity index (χ1) is 6.68. The smallest absolute Gasteiger partial charge is 0.304 e. The zero-order chi connectivity index (χ0) is 10.2. The molecule has 1 aromatic heterocycles. The van der Waals surface area contributed by atoms with E-state index >= 15 is 0 Å². The van der Waals surface area contributed by atoms with E-state index in [1.807, 2.05) is 0 Å². The molecule has 0 radical (unpaired) electrons. The highest BCUT2D eigenvalue weighted by molar-refractivity contribution is 7.15. The van der Waals surface area contributed by atoms with Gasteiger partial charge in [0.1, 0.15) is 0 Å². The number of nitrogens with zero attached hydrogens (tertiary/aromatic N) is 1. The van der Waals surface area contributed by atoms with E-state index in [4.69, 9.17) is 5.90 Å². The van der Waals surface area contributed by atoms with Crippen LogP contribution in [0.25, 0.3) is 0 Å². The van der Waals surface area contributed by atoms with E-state index in [-0.39, 0.29) is 15.3 Å². The third kappa shape index (κ3) is 1.52. The van der Waals surface area contributed by atoms with Crippen molar-refractivity contribution in [2.75, 3.05) is 6.61 Å². The fourth-order valence-corrected chi connectivity index (χ4v) is 2.53. The average Bonchev–Trinajstić information content (AvgIpc) is 2.77. The van der Waals surface area contributed by atoms with Crippen molar-refractivity contribution < 1.29 is 9.76 Å². The number of hydrogen-bond acceptors (Lipinski definition) is 5. The van der Waals surface area contributed by atoms with Crippen LogP contribution in [0.1, 0.15) is 17.7 Å². The van der Waals surface area contributed by atoms with Crippen molar-refractivity contribution in [3.8, 4) is 0 Å². The molecule has 0 atom stereocenters. The van der Waals surface area contributed by atoms with Gasteiger partial charge in [-0.15, -0.1) is 0 Å². The molecule has 0 aromatic carbocycles. The van der Waals surface area contributed by atoms with Crippen molar-refractivity contribution in [3.05, 3.63) is 27.1 Å². The zero-order valence-corrected chi connectivity index (χ0v) is 8.25. The van der Waals surface area contributed by atoms with Crippen LogP contribution < -0.4 is 5.90 Å². The first-order valence-corrected chi connectivity index (χ1v) is 5.06. The Morgan fingerprint density at radius 3 is 2.79 bits per heavy atom. The van der Waals surface area contributed by atoms with Gasteiger partial charge in [0.15, 0.2) is 0 Å². The minimum atomic E-state index is -0.368. The first-order valence-electron chi connectivity index (χ1n) is 4.24. The highest BCUT2D eigenvalue weighted by Gasteiger charge is 2.46. The van der Waals surface area contributed by atoms with E-state index in [0.717, 1.165) is 17.7 Å². The summed E-state index contributed by atoms with van der Waals surface area (Å²) >= 11 is 1.22. The number of rotatable bonds is 4. The van der Waals surface area contributed by atoms with Crippen molar-refractivity contribution in [2.24, 2.45) is 5.90 Å². The molecule has 6 heteroatoms. The number of thiophene rings is 1. The molecule has 0 aliphatic heterocycles. The van der Waals surface area contributed by atoms with Crippen molar-refractivity contribution in [1.29, 1.82) is 0 Å². The second-order valence-electron chi connectivity index (χ2n) is 3.49. The molecule has 2 rings (SSSR count). The molecule has 0 unspecified atom stereocenters. The van der Waals surface area contributed by atoms with E-state index in [2.05, 4.69) is 4.84 Å². The van der Waals surface area contributed by atoms with Gasteiger partial charge in [0.25, 0.3) is 0 Å². The highest BCUT2D eigenvalue weighted by atomic mass is 32.1. The molecular weight excluding hydrogens is 204 g/mol. The lowest BCUT2D eigenvalue weighted by Gasteiger charge is -2.09.